The zero-order valence-electron chi connectivity index (χ0n) is 22.9. The van der Waals surface area contributed by atoms with Crippen LogP contribution in [0.3, 0.4) is 0 Å². The molecule has 0 radical (unpaired) electrons. The van der Waals surface area contributed by atoms with Gasteiger partial charge in [0, 0.05) is 23.3 Å². The number of hydrogen-bond donors (Lipinski definition) is 3. The molecule has 1 atom stereocenters. The summed E-state index contributed by atoms with van der Waals surface area (Å²) in [7, 11) is 3.92. The minimum absolute atomic E-state index is 0.252. The Hall–Kier alpha value is -2.41. The van der Waals surface area contributed by atoms with E-state index in [1.165, 1.54) is 19.3 Å². The van der Waals surface area contributed by atoms with Crippen molar-refractivity contribution in [2.45, 2.75) is 87.0 Å². The van der Waals surface area contributed by atoms with E-state index in [0.717, 1.165) is 25.8 Å². The standard InChI is InChI=1S/C12H22O2.C8H15NO2.C7H12O2/c1-4-6-7-11(5-2)9-8-10(3)12(13)14;1-7(8(10)11)5-4-6-9(2)3;1-5(6(8)9)7(2,3)4/h8,11H,4-7,9H2,1-3H3,(H,13,14);5H,4,6H2,1-3H3,(H,10,11);1H2,2-4H3,(H,8,9). The van der Waals surface area contributed by atoms with E-state index in [9.17, 15) is 14.4 Å². The van der Waals surface area contributed by atoms with Crippen molar-refractivity contribution in [2.24, 2.45) is 11.3 Å². The van der Waals surface area contributed by atoms with Gasteiger partial charge in [-0.2, -0.15) is 0 Å². The first kappa shape index (κ1) is 36.2. The maximum Gasteiger partial charge on any atom is 0.331 e. The molecule has 0 aromatic rings. The molecule has 7 heteroatoms. The van der Waals surface area contributed by atoms with Gasteiger partial charge in [0.25, 0.3) is 0 Å². The lowest BCUT2D eigenvalue weighted by Gasteiger charge is -2.17. The third-order valence-corrected chi connectivity index (χ3v) is 5.17. The van der Waals surface area contributed by atoms with E-state index in [1.54, 1.807) is 19.9 Å². The number of hydrogen-bond acceptors (Lipinski definition) is 4. The van der Waals surface area contributed by atoms with Crippen LogP contribution in [-0.4, -0.2) is 58.8 Å². The molecule has 198 valence electrons. The molecular formula is C27H49NO6. The highest BCUT2D eigenvalue weighted by Crippen LogP contribution is 2.22. The van der Waals surface area contributed by atoms with E-state index in [2.05, 4.69) is 20.4 Å². The first-order chi connectivity index (χ1) is 15.5. The van der Waals surface area contributed by atoms with Gasteiger partial charge in [0.1, 0.15) is 0 Å². The van der Waals surface area contributed by atoms with Crippen LogP contribution in [0.25, 0.3) is 0 Å². The average Bonchev–Trinajstić information content (AvgIpc) is 2.72. The molecule has 0 bridgehead atoms. The maximum atomic E-state index is 10.5. The number of carboxylic acid groups (broad SMARTS) is 3. The zero-order chi connectivity index (χ0) is 27.5. The van der Waals surface area contributed by atoms with Gasteiger partial charge in [-0.15, -0.1) is 0 Å². The number of rotatable bonds is 12. The predicted molar refractivity (Wildman–Crippen MR) is 140 cm³/mol. The van der Waals surface area contributed by atoms with Crippen LogP contribution < -0.4 is 0 Å². The van der Waals surface area contributed by atoms with Gasteiger partial charge in [0.2, 0.25) is 0 Å². The summed E-state index contributed by atoms with van der Waals surface area (Å²) in [5, 5.41) is 25.6. The molecule has 0 aromatic carbocycles. The Labute approximate surface area is 207 Å². The summed E-state index contributed by atoms with van der Waals surface area (Å²) < 4.78 is 0. The zero-order valence-corrected chi connectivity index (χ0v) is 22.9. The summed E-state index contributed by atoms with van der Waals surface area (Å²) >= 11 is 0. The smallest absolute Gasteiger partial charge is 0.331 e. The normalized spacial score (nSPS) is 12.6. The van der Waals surface area contributed by atoms with Crippen LogP contribution in [0, 0.1) is 11.3 Å². The Bertz CT molecular complexity index is 684. The fourth-order valence-corrected chi connectivity index (χ4v) is 2.36. The van der Waals surface area contributed by atoms with Crippen LogP contribution in [0.5, 0.6) is 0 Å². The largest absolute Gasteiger partial charge is 0.478 e. The summed E-state index contributed by atoms with van der Waals surface area (Å²) in [5.74, 6) is -1.88. The Morgan fingerprint density at radius 2 is 1.38 bits per heavy atom. The van der Waals surface area contributed by atoms with Crippen molar-refractivity contribution >= 4 is 17.9 Å². The van der Waals surface area contributed by atoms with Crippen LogP contribution in [0.4, 0.5) is 0 Å². The lowest BCUT2D eigenvalue weighted by atomic mass is 9.88. The summed E-state index contributed by atoms with van der Waals surface area (Å²) in [5.41, 5.74) is 0.834. The molecule has 0 aromatic heterocycles. The molecule has 1 unspecified atom stereocenters. The number of aliphatic carboxylic acids is 3. The van der Waals surface area contributed by atoms with Crippen molar-refractivity contribution in [2.75, 3.05) is 20.6 Å². The Morgan fingerprint density at radius 1 is 0.912 bits per heavy atom. The van der Waals surface area contributed by atoms with Crippen LogP contribution in [0.1, 0.15) is 87.0 Å². The predicted octanol–water partition coefficient (Wildman–Crippen LogP) is 6.27. The number of nitrogens with zero attached hydrogens (tertiary/aromatic N) is 1. The minimum atomic E-state index is -0.914. The molecule has 0 heterocycles. The van der Waals surface area contributed by atoms with Crippen LogP contribution >= 0.6 is 0 Å². The molecule has 0 rings (SSSR count). The lowest BCUT2D eigenvalue weighted by Crippen LogP contribution is -2.15. The topological polar surface area (TPSA) is 115 Å². The van der Waals surface area contributed by atoms with Crippen LogP contribution in [0.15, 0.2) is 35.5 Å². The SMILES string of the molecule is C=C(C(=O)O)C(C)(C)C.CC(=CCCN(C)C)C(=O)O.CCCCC(CC)CC=C(C)C(=O)O. The van der Waals surface area contributed by atoms with Gasteiger partial charge in [-0.1, -0.05) is 79.0 Å². The van der Waals surface area contributed by atoms with Gasteiger partial charge in [0.15, 0.2) is 0 Å². The first-order valence-electron chi connectivity index (χ1n) is 11.9. The van der Waals surface area contributed by atoms with Crippen molar-refractivity contribution in [1.29, 1.82) is 0 Å². The third-order valence-electron chi connectivity index (χ3n) is 5.17. The van der Waals surface area contributed by atoms with E-state index in [0.29, 0.717) is 17.1 Å². The second-order valence-electron chi connectivity index (χ2n) is 9.66. The fourth-order valence-electron chi connectivity index (χ4n) is 2.36. The van der Waals surface area contributed by atoms with E-state index in [1.807, 2.05) is 45.8 Å². The van der Waals surface area contributed by atoms with Crippen LogP contribution in [0.2, 0.25) is 0 Å². The molecule has 0 aliphatic carbocycles. The molecule has 0 fully saturated rings. The molecule has 0 aliphatic heterocycles. The van der Waals surface area contributed by atoms with Crippen LogP contribution in [-0.2, 0) is 14.4 Å². The van der Waals surface area contributed by atoms with Crippen molar-refractivity contribution in [3.8, 4) is 0 Å². The van der Waals surface area contributed by atoms with Crippen molar-refractivity contribution in [3.05, 3.63) is 35.5 Å². The highest BCUT2D eigenvalue weighted by molar-refractivity contribution is 5.87. The van der Waals surface area contributed by atoms with E-state index < -0.39 is 17.9 Å². The number of carbonyl (C=O) groups is 3. The van der Waals surface area contributed by atoms with Gasteiger partial charge in [-0.05, 0) is 52.1 Å². The minimum Gasteiger partial charge on any atom is -0.478 e. The van der Waals surface area contributed by atoms with Gasteiger partial charge in [0.05, 0.1) is 0 Å². The van der Waals surface area contributed by atoms with E-state index >= 15 is 0 Å². The highest BCUT2D eigenvalue weighted by atomic mass is 16.4. The molecule has 0 saturated carbocycles. The number of allylic oxidation sites excluding steroid dienone is 1. The second kappa shape index (κ2) is 20.0. The second-order valence-corrected chi connectivity index (χ2v) is 9.66. The van der Waals surface area contributed by atoms with E-state index in [4.69, 9.17) is 15.3 Å². The molecule has 0 spiro atoms. The molecule has 34 heavy (non-hydrogen) atoms. The van der Waals surface area contributed by atoms with Crippen molar-refractivity contribution in [1.82, 2.24) is 4.90 Å². The number of carboxylic acids is 3. The molecule has 0 amide bonds. The highest BCUT2D eigenvalue weighted by Gasteiger charge is 2.20. The quantitative estimate of drug-likeness (QED) is 0.280. The van der Waals surface area contributed by atoms with Gasteiger partial charge in [-0.3, -0.25) is 0 Å². The molecule has 3 N–H and O–H groups in total. The van der Waals surface area contributed by atoms with Gasteiger partial charge in [-0.25, -0.2) is 14.4 Å². The van der Waals surface area contributed by atoms with E-state index in [-0.39, 0.29) is 11.0 Å². The molecular weight excluding hydrogens is 434 g/mol. The molecule has 0 aliphatic rings. The third kappa shape index (κ3) is 22.8. The average molecular weight is 484 g/mol. The lowest BCUT2D eigenvalue weighted by molar-refractivity contribution is -0.134. The summed E-state index contributed by atoms with van der Waals surface area (Å²) in [6, 6.07) is 0. The Kier molecular flexibility index (Phi) is 21.3. The fraction of sp³-hybridized carbons (Fsp3) is 0.667. The Balaban J connectivity index is -0.000000435. The summed E-state index contributed by atoms with van der Waals surface area (Å²) in [6.45, 7) is 17.4. The maximum absolute atomic E-state index is 10.5. The van der Waals surface area contributed by atoms with Crippen molar-refractivity contribution in [3.63, 3.8) is 0 Å². The Morgan fingerprint density at radius 3 is 1.68 bits per heavy atom. The molecule has 7 nitrogen and oxygen atoms in total. The molecule has 0 saturated heterocycles. The van der Waals surface area contributed by atoms with Gasteiger partial charge >= 0.3 is 17.9 Å². The summed E-state index contributed by atoms with van der Waals surface area (Å²) in [6.07, 6.45) is 10.1. The van der Waals surface area contributed by atoms with Crippen molar-refractivity contribution < 1.29 is 29.7 Å². The first-order valence-corrected chi connectivity index (χ1v) is 11.9. The monoisotopic (exact) mass is 483 g/mol. The van der Waals surface area contributed by atoms with Gasteiger partial charge < -0.3 is 20.2 Å². The summed E-state index contributed by atoms with van der Waals surface area (Å²) in [4.78, 5) is 33.1. The number of unbranched alkanes of at least 4 members (excludes halogenated alkanes) is 1.